The molecule has 0 fully saturated rings. The number of carbonyl (C=O) groups excluding carboxylic acids is 1. The van der Waals surface area contributed by atoms with Crippen molar-refractivity contribution in [2.24, 2.45) is 0 Å². The predicted molar refractivity (Wildman–Crippen MR) is 120 cm³/mol. The molecule has 0 aliphatic rings. The molecule has 0 radical (unpaired) electrons. The van der Waals surface area contributed by atoms with Crippen molar-refractivity contribution in [3.8, 4) is 23.0 Å². The van der Waals surface area contributed by atoms with Gasteiger partial charge in [0.05, 0.1) is 10.0 Å². The second kappa shape index (κ2) is 9.72. The third kappa shape index (κ3) is 5.19. The summed E-state index contributed by atoms with van der Waals surface area (Å²) in [6.45, 7) is 0.750. The van der Waals surface area contributed by atoms with Crippen LogP contribution >= 0.6 is 23.2 Å². The molecule has 0 saturated heterocycles. The van der Waals surface area contributed by atoms with Crippen LogP contribution in [0.2, 0.25) is 10.0 Å². The van der Waals surface area contributed by atoms with Crippen molar-refractivity contribution in [2.75, 3.05) is 0 Å². The van der Waals surface area contributed by atoms with Crippen LogP contribution in [-0.2, 0) is 13.2 Å². The number of aromatic nitrogens is 2. The lowest BCUT2D eigenvalue weighted by atomic mass is 10.2. The highest BCUT2D eigenvalue weighted by Gasteiger charge is 2.17. The number of hydrogen-bond donors (Lipinski definition) is 2. The van der Waals surface area contributed by atoms with E-state index < -0.39 is 5.91 Å². The van der Waals surface area contributed by atoms with Gasteiger partial charge in [-0.25, -0.2) is 0 Å². The van der Waals surface area contributed by atoms with Crippen LogP contribution in [0.3, 0.4) is 0 Å². The van der Waals surface area contributed by atoms with Gasteiger partial charge in [-0.15, -0.1) is 10.2 Å². The number of aromatic hydroxyl groups is 1. The van der Waals surface area contributed by atoms with Gasteiger partial charge in [-0.2, -0.15) is 0 Å². The van der Waals surface area contributed by atoms with Crippen molar-refractivity contribution in [2.45, 2.75) is 13.2 Å². The zero-order valence-corrected chi connectivity index (χ0v) is 18.1. The summed E-state index contributed by atoms with van der Waals surface area (Å²) in [7, 11) is 0. The Kier molecular flexibility index (Phi) is 6.58. The van der Waals surface area contributed by atoms with Crippen LogP contribution in [-0.4, -0.2) is 21.2 Å². The first-order chi connectivity index (χ1) is 15.5. The number of phenols is 1. The Hall–Kier alpha value is -3.55. The van der Waals surface area contributed by atoms with Crippen molar-refractivity contribution in [3.05, 3.63) is 93.8 Å². The van der Waals surface area contributed by atoms with E-state index in [1.165, 1.54) is 12.1 Å². The summed E-state index contributed by atoms with van der Waals surface area (Å²) >= 11 is 11.8. The third-order valence-electron chi connectivity index (χ3n) is 4.51. The summed E-state index contributed by atoms with van der Waals surface area (Å²) in [5, 5.41) is 20.0. The van der Waals surface area contributed by atoms with Gasteiger partial charge in [0.1, 0.15) is 12.4 Å². The summed E-state index contributed by atoms with van der Waals surface area (Å²) in [5.74, 6) is -0.186. The number of benzene rings is 3. The highest BCUT2D eigenvalue weighted by molar-refractivity contribution is 6.37. The molecule has 0 unspecified atom stereocenters. The van der Waals surface area contributed by atoms with E-state index >= 15 is 0 Å². The summed E-state index contributed by atoms with van der Waals surface area (Å²) in [4.78, 5) is 12.4. The van der Waals surface area contributed by atoms with E-state index in [9.17, 15) is 9.90 Å². The Morgan fingerprint density at radius 1 is 0.969 bits per heavy atom. The van der Waals surface area contributed by atoms with E-state index in [2.05, 4.69) is 15.5 Å². The summed E-state index contributed by atoms with van der Waals surface area (Å²) in [6.07, 6.45) is 0. The number of rotatable bonds is 7. The van der Waals surface area contributed by atoms with Crippen LogP contribution < -0.4 is 10.1 Å². The predicted octanol–water partition coefficient (Wildman–Crippen LogP) is 5.26. The number of carbonyl (C=O) groups is 1. The van der Waals surface area contributed by atoms with Crippen molar-refractivity contribution < 1.29 is 19.1 Å². The number of nitrogens with zero attached hydrogens (tertiary/aromatic N) is 2. The molecule has 0 bridgehead atoms. The first-order valence-electron chi connectivity index (χ1n) is 9.55. The smallest absolute Gasteiger partial charge is 0.309 e. The van der Waals surface area contributed by atoms with Crippen LogP contribution in [0.1, 0.15) is 21.8 Å². The molecule has 3 aromatic carbocycles. The molecule has 0 aliphatic heterocycles. The molecule has 0 spiro atoms. The lowest BCUT2D eigenvalue weighted by molar-refractivity contribution is 0.0917. The van der Waals surface area contributed by atoms with Gasteiger partial charge in [0.15, 0.2) is 5.75 Å². The minimum Gasteiger partial charge on any atom is -0.505 e. The fourth-order valence-electron chi connectivity index (χ4n) is 2.82. The molecule has 0 aliphatic carbocycles. The largest absolute Gasteiger partial charge is 0.505 e. The molecule has 32 heavy (non-hydrogen) atoms. The van der Waals surface area contributed by atoms with Crippen LogP contribution in [0, 0.1) is 0 Å². The highest BCUT2D eigenvalue weighted by Crippen LogP contribution is 2.36. The van der Waals surface area contributed by atoms with Gasteiger partial charge in [-0.1, -0.05) is 65.7 Å². The summed E-state index contributed by atoms with van der Waals surface area (Å²) in [6, 6.07) is 20.1. The monoisotopic (exact) mass is 469 g/mol. The second-order valence-corrected chi connectivity index (χ2v) is 7.62. The lowest BCUT2D eigenvalue weighted by Crippen LogP contribution is -2.23. The number of halogens is 2. The summed E-state index contributed by atoms with van der Waals surface area (Å²) in [5.41, 5.74) is 2.34. The number of nitrogens with one attached hydrogen (secondary N) is 1. The van der Waals surface area contributed by atoms with E-state index in [-0.39, 0.29) is 34.1 Å². The molecule has 9 heteroatoms. The van der Waals surface area contributed by atoms with Gasteiger partial charge in [0.25, 0.3) is 0 Å². The first-order valence-corrected chi connectivity index (χ1v) is 10.3. The zero-order chi connectivity index (χ0) is 22.5. The molecule has 1 aromatic heterocycles. The Balaban J connectivity index is 1.33. The highest BCUT2D eigenvalue weighted by atomic mass is 35.5. The normalized spacial score (nSPS) is 10.7. The maximum absolute atomic E-state index is 12.4. The molecule has 0 saturated carbocycles. The van der Waals surface area contributed by atoms with E-state index in [0.717, 1.165) is 16.9 Å². The topological polar surface area (TPSA) is 97.5 Å². The van der Waals surface area contributed by atoms with Gasteiger partial charge in [0, 0.05) is 12.1 Å². The van der Waals surface area contributed by atoms with E-state index in [4.69, 9.17) is 32.4 Å². The Morgan fingerprint density at radius 3 is 2.34 bits per heavy atom. The van der Waals surface area contributed by atoms with Crippen molar-refractivity contribution in [1.29, 1.82) is 0 Å². The number of hydrogen-bond acceptors (Lipinski definition) is 6. The van der Waals surface area contributed by atoms with Crippen LogP contribution in [0.4, 0.5) is 0 Å². The minimum atomic E-state index is -0.524. The lowest BCUT2D eigenvalue weighted by Gasteiger charge is -2.08. The molecule has 4 aromatic rings. The quantitative estimate of drug-likeness (QED) is 0.383. The van der Waals surface area contributed by atoms with Gasteiger partial charge >= 0.3 is 11.8 Å². The molecule has 2 N–H and O–H groups in total. The molecule has 0 atom stereocenters. The second-order valence-electron chi connectivity index (χ2n) is 6.80. The number of amides is 1. The molecular formula is C23H17Cl2N3O4. The summed E-state index contributed by atoms with van der Waals surface area (Å²) < 4.78 is 11.2. The number of ether oxygens (including phenoxy) is 1. The number of phenolic OH excluding ortho intramolecular Hbond substituents is 1. The molecule has 4 rings (SSSR count). The fraction of sp³-hybridized carbons (Fsp3) is 0.0870. The van der Waals surface area contributed by atoms with Crippen molar-refractivity contribution >= 4 is 29.1 Å². The Labute approximate surface area is 193 Å². The maximum atomic E-state index is 12.4. The van der Waals surface area contributed by atoms with Gasteiger partial charge in [0.2, 0.25) is 5.89 Å². The van der Waals surface area contributed by atoms with Crippen molar-refractivity contribution in [1.82, 2.24) is 15.5 Å². The Bertz CT molecular complexity index is 1200. The maximum Gasteiger partial charge on any atom is 0.309 e. The van der Waals surface area contributed by atoms with Crippen LogP contribution in [0.25, 0.3) is 11.5 Å². The Morgan fingerprint density at radius 2 is 1.66 bits per heavy atom. The van der Waals surface area contributed by atoms with Crippen LogP contribution in [0.15, 0.2) is 71.1 Å². The van der Waals surface area contributed by atoms with E-state index in [1.807, 2.05) is 54.6 Å². The average molecular weight is 470 g/mol. The molecule has 1 heterocycles. The zero-order valence-electron chi connectivity index (χ0n) is 16.6. The van der Waals surface area contributed by atoms with Gasteiger partial charge in [-0.05, 0) is 35.4 Å². The minimum absolute atomic E-state index is 0.0351. The molecule has 1 amide bonds. The standard InChI is InChI=1S/C23H17Cl2N3O4/c24-18-10-16(11-19(25)20(18)29)22-27-28-23(32-22)21(30)26-12-14-6-8-17(9-7-14)31-13-15-4-2-1-3-5-15/h1-11,29H,12-13H2,(H,26,30). The average Bonchev–Trinajstić information content (AvgIpc) is 3.31. The van der Waals surface area contributed by atoms with Crippen molar-refractivity contribution in [3.63, 3.8) is 0 Å². The van der Waals surface area contributed by atoms with Gasteiger partial charge < -0.3 is 19.6 Å². The third-order valence-corrected chi connectivity index (χ3v) is 5.08. The molecular weight excluding hydrogens is 453 g/mol. The van der Waals surface area contributed by atoms with E-state index in [1.54, 1.807) is 0 Å². The van der Waals surface area contributed by atoms with Gasteiger partial charge in [-0.3, -0.25) is 4.79 Å². The molecule has 7 nitrogen and oxygen atoms in total. The van der Waals surface area contributed by atoms with E-state index in [0.29, 0.717) is 12.2 Å². The molecule has 162 valence electrons. The van der Waals surface area contributed by atoms with Crippen LogP contribution in [0.5, 0.6) is 11.5 Å². The fourth-order valence-corrected chi connectivity index (χ4v) is 3.31. The SMILES string of the molecule is O=C(NCc1ccc(OCc2ccccc2)cc1)c1nnc(-c2cc(Cl)c(O)c(Cl)c2)o1. The first kappa shape index (κ1) is 21.7.